The standard InChI is InChI=1S/C14H30/c1-8-13(11(2)3)10-9-12(4)14(5,6)7/h11-13H,8-10H2,1-7H3. The second-order valence-electron chi connectivity index (χ2n) is 6.26. The first-order chi connectivity index (χ1) is 6.29. The zero-order chi connectivity index (χ0) is 11.4. The fraction of sp³-hybridized carbons (Fsp3) is 1.00. The molecule has 86 valence electrons. The van der Waals surface area contributed by atoms with Crippen molar-refractivity contribution in [3.63, 3.8) is 0 Å². The van der Waals surface area contributed by atoms with Gasteiger partial charge < -0.3 is 0 Å². The maximum absolute atomic E-state index is 2.40. The molecular formula is C14H30. The quantitative estimate of drug-likeness (QED) is 0.574. The van der Waals surface area contributed by atoms with E-state index in [1.807, 2.05) is 0 Å². The number of hydrogen-bond acceptors (Lipinski definition) is 0. The second-order valence-corrected chi connectivity index (χ2v) is 6.26. The van der Waals surface area contributed by atoms with Gasteiger partial charge in [0, 0.05) is 0 Å². The molecule has 0 nitrogen and oxygen atoms in total. The molecule has 0 heteroatoms. The molecule has 0 aromatic carbocycles. The van der Waals surface area contributed by atoms with Crippen LogP contribution in [0.3, 0.4) is 0 Å². The molecule has 0 saturated heterocycles. The van der Waals surface area contributed by atoms with Crippen LogP contribution in [0, 0.1) is 23.2 Å². The van der Waals surface area contributed by atoms with Crippen molar-refractivity contribution in [1.29, 1.82) is 0 Å². The topological polar surface area (TPSA) is 0 Å². The minimum Gasteiger partial charge on any atom is -0.0651 e. The average Bonchev–Trinajstić information content (AvgIpc) is 2.02. The Morgan fingerprint density at radius 2 is 1.43 bits per heavy atom. The van der Waals surface area contributed by atoms with Crippen LogP contribution < -0.4 is 0 Å². The molecule has 0 heterocycles. The van der Waals surface area contributed by atoms with Gasteiger partial charge in [0.05, 0.1) is 0 Å². The molecule has 0 spiro atoms. The van der Waals surface area contributed by atoms with E-state index < -0.39 is 0 Å². The summed E-state index contributed by atoms with van der Waals surface area (Å²) in [6.45, 7) is 16.5. The van der Waals surface area contributed by atoms with Crippen LogP contribution in [0.2, 0.25) is 0 Å². The van der Waals surface area contributed by atoms with Gasteiger partial charge in [-0.1, -0.05) is 54.9 Å². The van der Waals surface area contributed by atoms with E-state index in [-0.39, 0.29) is 0 Å². The van der Waals surface area contributed by atoms with Gasteiger partial charge in [-0.15, -0.1) is 0 Å². The summed E-state index contributed by atoms with van der Waals surface area (Å²) in [4.78, 5) is 0. The highest BCUT2D eigenvalue weighted by Gasteiger charge is 2.21. The predicted octanol–water partition coefficient (Wildman–Crippen LogP) is 5.13. The smallest absolute Gasteiger partial charge is 0.0357 e. The van der Waals surface area contributed by atoms with Gasteiger partial charge in [-0.05, 0) is 36.0 Å². The van der Waals surface area contributed by atoms with Gasteiger partial charge >= 0.3 is 0 Å². The second kappa shape index (κ2) is 5.78. The van der Waals surface area contributed by atoms with Gasteiger partial charge in [0.15, 0.2) is 0 Å². The molecule has 0 aliphatic carbocycles. The molecule has 0 fully saturated rings. The molecule has 0 saturated carbocycles. The highest BCUT2D eigenvalue weighted by atomic mass is 14.3. The summed E-state index contributed by atoms with van der Waals surface area (Å²) in [5.74, 6) is 2.63. The lowest BCUT2D eigenvalue weighted by molar-refractivity contribution is 0.215. The summed E-state index contributed by atoms with van der Waals surface area (Å²) in [6, 6.07) is 0. The largest absolute Gasteiger partial charge is 0.0651 e. The maximum Gasteiger partial charge on any atom is -0.0357 e. The van der Waals surface area contributed by atoms with E-state index in [0.717, 1.165) is 17.8 Å². The fourth-order valence-corrected chi connectivity index (χ4v) is 1.91. The van der Waals surface area contributed by atoms with Crippen molar-refractivity contribution in [2.24, 2.45) is 23.2 Å². The van der Waals surface area contributed by atoms with Crippen LogP contribution in [-0.4, -0.2) is 0 Å². The molecule has 0 rings (SSSR count). The summed E-state index contributed by atoms with van der Waals surface area (Å²) < 4.78 is 0. The number of hydrogen-bond donors (Lipinski definition) is 0. The molecule has 0 radical (unpaired) electrons. The van der Waals surface area contributed by atoms with Crippen molar-refractivity contribution in [3.05, 3.63) is 0 Å². The monoisotopic (exact) mass is 198 g/mol. The van der Waals surface area contributed by atoms with Crippen molar-refractivity contribution >= 4 is 0 Å². The van der Waals surface area contributed by atoms with E-state index in [9.17, 15) is 0 Å². The molecule has 0 N–H and O–H groups in total. The maximum atomic E-state index is 2.40. The van der Waals surface area contributed by atoms with E-state index in [2.05, 4.69) is 48.5 Å². The van der Waals surface area contributed by atoms with Crippen molar-refractivity contribution in [2.45, 2.75) is 67.7 Å². The Labute approximate surface area is 91.5 Å². The third-order valence-corrected chi connectivity index (χ3v) is 3.92. The van der Waals surface area contributed by atoms with E-state index in [4.69, 9.17) is 0 Å². The lowest BCUT2D eigenvalue weighted by Gasteiger charge is -2.29. The minimum absolute atomic E-state index is 0.481. The fourth-order valence-electron chi connectivity index (χ4n) is 1.91. The van der Waals surface area contributed by atoms with Crippen molar-refractivity contribution in [3.8, 4) is 0 Å². The highest BCUT2D eigenvalue weighted by molar-refractivity contribution is 4.72. The van der Waals surface area contributed by atoms with Crippen molar-refractivity contribution < 1.29 is 0 Å². The van der Waals surface area contributed by atoms with Crippen LogP contribution in [0.1, 0.15) is 67.7 Å². The van der Waals surface area contributed by atoms with Gasteiger partial charge in [0.1, 0.15) is 0 Å². The number of rotatable bonds is 5. The molecule has 2 unspecified atom stereocenters. The third-order valence-electron chi connectivity index (χ3n) is 3.92. The molecule has 0 bridgehead atoms. The van der Waals surface area contributed by atoms with Gasteiger partial charge in [0.2, 0.25) is 0 Å². The summed E-state index contributed by atoms with van der Waals surface area (Å²) in [5, 5.41) is 0. The first-order valence-corrected chi connectivity index (χ1v) is 6.29. The molecule has 0 aliphatic heterocycles. The van der Waals surface area contributed by atoms with Gasteiger partial charge in [-0.25, -0.2) is 0 Å². The van der Waals surface area contributed by atoms with E-state index >= 15 is 0 Å². The van der Waals surface area contributed by atoms with Crippen LogP contribution in [0.4, 0.5) is 0 Å². The van der Waals surface area contributed by atoms with E-state index in [1.54, 1.807) is 0 Å². The van der Waals surface area contributed by atoms with Crippen LogP contribution in [0.25, 0.3) is 0 Å². The summed E-state index contributed by atoms with van der Waals surface area (Å²) in [5.41, 5.74) is 0.481. The van der Waals surface area contributed by atoms with Crippen LogP contribution in [0.15, 0.2) is 0 Å². The molecule has 0 aromatic heterocycles. The van der Waals surface area contributed by atoms with Crippen LogP contribution >= 0.6 is 0 Å². The normalized spacial score (nSPS) is 17.1. The first kappa shape index (κ1) is 14.0. The zero-order valence-corrected chi connectivity index (χ0v) is 11.4. The average molecular weight is 198 g/mol. The van der Waals surface area contributed by atoms with Gasteiger partial charge in [-0.2, -0.15) is 0 Å². The SMILES string of the molecule is CCC(CCC(C)C(C)(C)C)C(C)C. The lowest BCUT2D eigenvalue weighted by Crippen LogP contribution is -2.19. The van der Waals surface area contributed by atoms with E-state index in [0.29, 0.717) is 5.41 Å². The molecule has 0 amide bonds. The molecule has 14 heavy (non-hydrogen) atoms. The Balaban J connectivity index is 3.92. The van der Waals surface area contributed by atoms with Crippen molar-refractivity contribution in [1.82, 2.24) is 0 Å². The Bertz CT molecular complexity index is 137. The predicted molar refractivity (Wildman–Crippen MR) is 66.5 cm³/mol. The van der Waals surface area contributed by atoms with Crippen LogP contribution in [0.5, 0.6) is 0 Å². The van der Waals surface area contributed by atoms with E-state index in [1.165, 1.54) is 19.3 Å². The first-order valence-electron chi connectivity index (χ1n) is 6.29. The molecule has 0 aromatic rings. The summed E-state index contributed by atoms with van der Waals surface area (Å²) >= 11 is 0. The Kier molecular flexibility index (Phi) is 5.78. The highest BCUT2D eigenvalue weighted by Crippen LogP contribution is 2.32. The van der Waals surface area contributed by atoms with Crippen LogP contribution in [-0.2, 0) is 0 Å². The molecule has 0 aliphatic rings. The minimum atomic E-state index is 0.481. The summed E-state index contributed by atoms with van der Waals surface area (Å²) in [7, 11) is 0. The Morgan fingerprint density at radius 3 is 1.71 bits per heavy atom. The van der Waals surface area contributed by atoms with Crippen molar-refractivity contribution in [2.75, 3.05) is 0 Å². The van der Waals surface area contributed by atoms with Gasteiger partial charge in [0.25, 0.3) is 0 Å². The summed E-state index contributed by atoms with van der Waals surface area (Å²) in [6.07, 6.45) is 4.14. The Morgan fingerprint density at radius 1 is 0.929 bits per heavy atom. The van der Waals surface area contributed by atoms with Gasteiger partial charge in [-0.3, -0.25) is 0 Å². The third kappa shape index (κ3) is 5.02. The molecular weight excluding hydrogens is 168 g/mol. The zero-order valence-electron chi connectivity index (χ0n) is 11.4. The Hall–Kier alpha value is 0. The molecule has 2 atom stereocenters. The lowest BCUT2D eigenvalue weighted by atomic mass is 9.76.